The molecular formula is C13H24N4O2. The van der Waals surface area contributed by atoms with E-state index >= 15 is 0 Å². The summed E-state index contributed by atoms with van der Waals surface area (Å²) in [6.07, 6.45) is 9.11. The van der Waals surface area contributed by atoms with Gasteiger partial charge in [-0.1, -0.05) is 50.6 Å². The number of azide groups is 1. The van der Waals surface area contributed by atoms with Gasteiger partial charge in [0.15, 0.2) is 0 Å². The van der Waals surface area contributed by atoms with Crippen LogP contribution in [0.1, 0.15) is 58.3 Å². The number of carbonyl (C=O) groups is 1. The molecule has 1 aliphatic rings. The Labute approximate surface area is 114 Å². The minimum absolute atomic E-state index is 0.128. The SMILES string of the molecule is CC(COC(=O)NC1CCCCCCCC1)N=[N+]=[N-]. The van der Waals surface area contributed by atoms with Gasteiger partial charge in [0, 0.05) is 11.0 Å². The van der Waals surface area contributed by atoms with E-state index in [1.54, 1.807) is 6.92 Å². The van der Waals surface area contributed by atoms with Crippen molar-refractivity contribution >= 4 is 6.09 Å². The monoisotopic (exact) mass is 268 g/mol. The molecule has 19 heavy (non-hydrogen) atoms. The number of hydrogen-bond donors (Lipinski definition) is 1. The first-order valence-electron chi connectivity index (χ1n) is 7.20. The van der Waals surface area contributed by atoms with Gasteiger partial charge >= 0.3 is 6.09 Å². The molecule has 108 valence electrons. The first-order chi connectivity index (χ1) is 9.22. The van der Waals surface area contributed by atoms with Gasteiger partial charge in [0.1, 0.15) is 6.61 Å². The maximum absolute atomic E-state index is 11.6. The molecule has 1 atom stereocenters. The number of hydrogen-bond acceptors (Lipinski definition) is 3. The normalized spacial score (nSPS) is 19.2. The van der Waals surface area contributed by atoms with Crippen LogP contribution in [0, 0.1) is 0 Å². The van der Waals surface area contributed by atoms with Crippen LogP contribution in [0.25, 0.3) is 10.4 Å². The Morgan fingerprint density at radius 1 is 1.32 bits per heavy atom. The van der Waals surface area contributed by atoms with Crippen molar-refractivity contribution in [2.24, 2.45) is 5.11 Å². The molecule has 0 bridgehead atoms. The van der Waals surface area contributed by atoms with Crippen LogP contribution in [0.15, 0.2) is 5.11 Å². The molecule has 1 amide bonds. The summed E-state index contributed by atoms with van der Waals surface area (Å²) in [5.74, 6) is 0. The van der Waals surface area contributed by atoms with Crippen molar-refractivity contribution in [2.45, 2.75) is 70.4 Å². The second-order valence-corrected chi connectivity index (χ2v) is 5.19. The molecule has 1 rings (SSSR count). The predicted molar refractivity (Wildman–Crippen MR) is 73.8 cm³/mol. The molecule has 0 aromatic rings. The molecule has 1 N–H and O–H groups in total. The first kappa shape index (κ1) is 15.6. The average molecular weight is 268 g/mol. The summed E-state index contributed by atoms with van der Waals surface area (Å²) >= 11 is 0. The van der Waals surface area contributed by atoms with Crippen molar-refractivity contribution in [1.29, 1.82) is 0 Å². The van der Waals surface area contributed by atoms with E-state index in [4.69, 9.17) is 10.3 Å². The zero-order valence-electron chi connectivity index (χ0n) is 11.7. The molecular weight excluding hydrogens is 244 g/mol. The van der Waals surface area contributed by atoms with Crippen LogP contribution in [-0.4, -0.2) is 24.8 Å². The fraction of sp³-hybridized carbons (Fsp3) is 0.923. The highest BCUT2D eigenvalue weighted by atomic mass is 16.5. The van der Waals surface area contributed by atoms with E-state index in [1.807, 2.05) is 0 Å². The van der Waals surface area contributed by atoms with Gasteiger partial charge in [0.2, 0.25) is 0 Å². The highest BCUT2D eigenvalue weighted by Gasteiger charge is 2.14. The molecule has 0 saturated heterocycles. The van der Waals surface area contributed by atoms with E-state index in [0.29, 0.717) is 0 Å². The predicted octanol–water partition coefficient (Wildman–Crippen LogP) is 3.91. The molecule has 6 heteroatoms. The van der Waals surface area contributed by atoms with Crippen LogP contribution < -0.4 is 5.32 Å². The fourth-order valence-corrected chi connectivity index (χ4v) is 2.30. The van der Waals surface area contributed by atoms with Gasteiger partial charge in [-0.15, -0.1) is 0 Å². The molecule has 6 nitrogen and oxygen atoms in total. The third-order valence-corrected chi connectivity index (χ3v) is 3.38. The second kappa shape index (κ2) is 9.50. The molecule has 1 aliphatic carbocycles. The fourth-order valence-electron chi connectivity index (χ4n) is 2.30. The van der Waals surface area contributed by atoms with Gasteiger partial charge in [-0.25, -0.2) is 4.79 Å². The molecule has 0 aromatic heterocycles. The Kier molecular flexibility index (Phi) is 7.82. The van der Waals surface area contributed by atoms with Crippen molar-refractivity contribution in [3.8, 4) is 0 Å². The topological polar surface area (TPSA) is 87.1 Å². The molecule has 1 fully saturated rings. The number of rotatable bonds is 4. The van der Waals surface area contributed by atoms with E-state index in [0.717, 1.165) is 12.8 Å². The molecule has 1 saturated carbocycles. The average Bonchev–Trinajstić information content (AvgIpc) is 2.51. The third kappa shape index (κ3) is 7.57. The Hall–Kier alpha value is -1.42. The van der Waals surface area contributed by atoms with E-state index < -0.39 is 6.09 Å². The minimum Gasteiger partial charge on any atom is -0.449 e. The van der Waals surface area contributed by atoms with Gasteiger partial charge in [0.05, 0.1) is 6.04 Å². The molecule has 0 radical (unpaired) electrons. The van der Waals surface area contributed by atoms with Gasteiger partial charge in [-0.3, -0.25) is 0 Å². The van der Waals surface area contributed by atoms with Crippen LogP contribution in [0.2, 0.25) is 0 Å². The first-order valence-corrected chi connectivity index (χ1v) is 7.20. The summed E-state index contributed by atoms with van der Waals surface area (Å²) < 4.78 is 5.05. The Morgan fingerprint density at radius 3 is 2.47 bits per heavy atom. The number of amides is 1. The van der Waals surface area contributed by atoms with Crippen LogP contribution >= 0.6 is 0 Å². The lowest BCUT2D eigenvalue weighted by Gasteiger charge is -2.18. The molecule has 0 aliphatic heterocycles. The largest absolute Gasteiger partial charge is 0.449 e. The molecule has 0 aromatic carbocycles. The van der Waals surface area contributed by atoms with E-state index in [2.05, 4.69) is 15.3 Å². The number of carbonyl (C=O) groups excluding carboxylic acids is 1. The lowest BCUT2D eigenvalue weighted by Crippen LogP contribution is -2.36. The number of nitrogens with zero attached hydrogens (tertiary/aromatic N) is 3. The van der Waals surface area contributed by atoms with Crippen LogP contribution in [0.3, 0.4) is 0 Å². The van der Waals surface area contributed by atoms with Crippen molar-refractivity contribution in [2.75, 3.05) is 6.61 Å². The van der Waals surface area contributed by atoms with Crippen molar-refractivity contribution < 1.29 is 9.53 Å². The zero-order chi connectivity index (χ0) is 13.9. The van der Waals surface area contributed by atoms with E-state index in [1.165, 1.54) is 38.5 Å². The summed E-state index contributed by atoms with van der Waals surface area (Å²) in [7, 11) is 0. The Morgan fingerprint density at radius 2 is 1.89 bits per heavy atom. The van der Waals surface area contributed by atoms with Crippen molar-refractivity contribution in [3.63, 3.8) is 0 Å². The number of nitrogens with one attached hydrogen (secondary N) is 1. The maximum Gasteiger partial charge on any atom is 0.407 e. The van der Waals surface area contributed by atoms with Crippen molar-refractivity contribution in [1.82, 2.24) is 5.32 Å². The molecule has 0 spiro atoms. The standard InChI is InChI=1S/C13H24N4O2/c1-11(16-17-14)10-19-13(18)15-12-8-6-4-2-3-5-7-9-12/h11-12H,2-10H2,1H3,(H,15,18). The van der Waals surface area contributed by atoms with E-state index in [-0.39, 0.29) is 18.7 Å². The summed E-state index contributed by atoms with van der Waals surface area (Å²) in [4.78, 5) is 14.3. The van der Waals surface area contributed by atoms with Gasteiger partial charge in [-0.2, -0.15) is 0 Å². The number of ether oxygens (including phenoxy) is 1. The lowest BCUT2D eigenvalue weighted by molar-refractivity contribution is 0.135. The highest BCUT2D eigenvalue weighted by molar-refractivity contribution is 5.67. The quantitative estimate of drug-likeness (QED) is 0.476. The summed E-state index contributed by atoms with van der Waals surface area (Å²) in [5.41, 5.74) is 8.25. The van der Waals surface area contributed by atoms with Gasteiger partial charge in [-0.05, 0) is 18.4 Å². The highest BCUT2D eigenvalue weighted by Crippen LogP contribution is 2.17. The Balaban J connectivity index is 2.26. The number of alkyl carbamates (subject to hydrolysis) is 1. The van der Waals surface area contributed by atoms with Gasteiger partial charge < -0.3 is 10.1 Å². The smallest absolute Gasteiger partial charge is 0.407 e. The van der Waals surface area contributed by atoms with E-state index in [9.17, 15) is 4.79 Å². The maximum atomic E-state index is 11.6. The molecule has 1 unspecified atom stereocenters. The molecule has 0 heterocycles. The Bertz CT molecular complexity index is 306. The minimum atomic E-state index is -0.399. The van der Waals surface area contributed by atoms with Gasteiger partial charge in [0.25, 0.3) is 0 Å². The van der Waals surface area contributed by atoms with Crippen LogP contribution in [0.5, 0.6) is 0 Å². The third-order valence-electron chi connectivity index (χ3n) is 3.38. The summed E-state index contributed by atoms with van der Waals surface area (Å²) in [6, 6.07) is -0.100. The summed E-state index contributed by atoms with van der Waals surface area (Å²) in [5, 5.41) is 6.37. The van der Waals surface area contributed by atoms with Crippen LogP contribution in [-0.2, 0) is 4.74 Å². The lowest BCUT2D eigenvalue weighted by atomic mass is 10.1. The second-order valence-electron chi connectivity index (χ2n) is 5.19. The van der Waals surface area contributed by atoms with Crippen LogP contribution in [0.4, 0.5) is 4.79 Å². The summed E-state index contributed by atoms with van der Waals surface area (Å²) in [6.45, 7) is 1.84. The zero-order valence-corrected chi connectivity index (χ0v) is 11.7. The van der Waals surface area contributed by atoms with Crippen molar-refractivity contribution in [3.05, 3.63) is 10.4 Å².